The second-order valence-corrected chi connectivity index (χ2v) is 5.38. The van der Waals surface area contributed by atoms with E-state index in [1.165, 1.54) is 3.53 Å². The monoisotopic (exact) mass is 284 g/mol. The van der Waals surface area contributed by atoms with E-state index in [0.717, 1.165) is 16.6 Å². The molecule has 0 radical (unpaired) electrons. The van der Waals surface area contributed by atoms with Crippen molar-refractivity contribution in [2.24, 2.45) is 0 Å². The second kappa shape index (κ2) is 2.80. The van der Waals surface area contributed by atoms with Crippen LogP contribution in [-0.2, 0) is 0 Å². The number of nitrogens with zero attached hydrogens (tertiary/aromatic N) is 2. The molecule has 0 aliphatic heterocycles. The van der Waals surface area contributed by atoms with Crippen molar-refractivity contribution in [3.05, 3.63) is 34.4 Å². The van der Waals surface area contributed by atoms with Crippen molar-refractivity contribution in [2.45, 2.75) is 0 Å². The first kappa shape index (κ1) is 7.49. The van der Waals surface area contributed by atoms with Crippen molar-refractivity contribution < 1.29 is 0 Å². The van der Waals surface area contributed by atoms with Gasteiger partial charge in [0.1, 0.15) is 0 Å². The van der Waals surface area contributed by atoms with E-state index in [4.69, 9.17) is 0 Å². The third-order valence-corrected chi connectivity index (χ3v) is 4.24. The average molecular weight is 282 g/mol. The minimum atomic E-state index is -0.176. The molecule has 13 heavy (non-hydrogen) atoms. The molecule has 1 aromatic carbocycles. The van der Waals surface area contributed by atoms with Crippen LogP contribution in [0.2, 0.25) is 0 Å². The van der Waals surface area contributed by atoms with E-state index in [1.54, 1.807) is 0 Å². The molecule has 2 heterocycles. The molecule has 0 saturated carbocycles. The Balaban J connectivity index is 2.57. The Morgan fingerprint density at radius 1 is 0.846 bits per heavy atom. The fourth-order valence-electron chi connectivity index (χ4n) is 1.36. The van der Waals surface area contributed by atoms with Crippen LogP contribution in [-0.4, -0.2) is 30.4 Å². The summed E-state index contributed by atoms with van der Waals surface area (Å²) in [7, 11) is 0. The Morgan fingerprint density at radius 3 is 2.46 bits per heavy atom. The summed E-state index contributed by atoms with van der Waals surface area (Å²) in [6.07, 6.45) is 0. The molecule has 2 nitrogen and oxygen atoms in total. The molecule has 3 heteroatoms. The SMILES string of the molecule is c1ccc2nc3[te]ccc3nc2c1. The number of para-hydroxylation sites is 2. The zero-order chi connectivity index (χ0) is 8.67. The summed E-state index contributed by atoms with van der Waals surface area (Å²) in [6.45, 7) is 0. The van der Waals surface area contributed by atoms with Crippen LogP contribution in [0.15, 0.2) is 34.4 Å². The fourth-order valence-corrected chi connectivity index (χ4v) is 3.39. The molecule has 62 valence electrons. The molecule has 0 aliphatic carbocycles. The Hall–Kier alpha value is -0.910. The van der Waals surface area contributed by atoms with E-state index >= 15 is 0 Å². The molecule has 3 aromatic rings. The van der Waals surface area contributed by atoms with Gasteiger partial charge in [-0.05, 0) is 0 Å². The van der Waals surface area contributed by atoms with E-state index in [-0.39, 0.29) is 20.4 Å². The Morgan fingerprint density at radius 2 is 1.62 bits per heavy atom. The number of fused-ring (bicyclic) bond motifs is 2. The summed E-state index contributed by atoms with van der Waals surface area (Å²) in [6, 6.07) is 10.1. The molecule has 0 atom stereocenters. The van der Waals surface area contributed by atoms with E-state index in [1.807, 2.05) is 24.3 Å². The van der Waals surface area contributed by atoms with Crippen molar-refractivity contribution in [3.8, 4) is 0 Å². The first-order valence-electron chi connectivity index (χ1n) is 4.03. The van der Waals surface area contributed by atoms with Gasteiger partial charge in [0, 0.05) is 0 Å². The van der Waals surface area contributed by atoms with E-state index in [0.29, 0.717) is 0 Å². The van der Waals surface area contributed by atoms with Crippen LogP contribution in [0.4, 0.5) is 0 Å². The molecule has 3 rings (SSSR count). The minimum absolute atomic E-state index is 0.176. The van der Waals surface area contributed by atoms with Gasteiger partial charge in [0.2, 0.25) is 0 Å². The number of hydrogen-bond donors (Lipinski definition) is 0. The molecule has 0 unspecified atom stereocenters. The molecular weight excluding hydrogens is 276 g/mol. The number of rotatable bonds is 0. The normalized spacial score (nSPS) is 11.1. The topological polar surface area (TPSA) is 25.8 Å². The molecular formula is C10H6N2Te. The van der Waals surface area contributed by atoms with Gasteiger partial charge in [-0.15, -0.1) is 0 Å². The molecule has 0 spiro atoms. The summed E-state index contributed by atoms with van der Waals surface area (Å²) < 4.78 is 3.46. The maximum absolute atomic E-state index is 4.59. The van der Waals surface area contributed by atoms with Gasteiger partial charge < -0.3 is 0 Å². The fraction of sp³-hybridized carbons (Fsp3) is 0. The summed E-state index contributed by atoms with van der Waals surface area (Å²) in [5, 5.41) is 0. The van der Waals surface area contributed by atoms with Gasteiger partial charge in [0.05, 0.1) is 0 Å². The quantitative estimate of drug-likeness (QED) is 0.588. The zero-order valence-corrected chi connectivity index (χ0v) is 9.10. The predicted molar refractivity (Wildman–Crippen MR) is 54.0 cm³/mol. The van der Waals surface area contributed by atoms with Gasteiger partial charge in [-0.1, -0.05) is 0 Å². The summed E-state index contributed by atoms with van der Waals surface area (Å²) >= 11 is -0.176. The van der Waals surface area contributed by atoms with Crippen molar-refractivity contribution in [2.75, 3.05) is 0 Å². The van der Waals surface area contributed by atoms with Crippen LogP contribution in [0.25, 0.3) is 20.1 Å². The predicted octanol–water partition coefficient (Wildman–Crippen LogP) is 1.84. The first-order chi connectivity index (χ1) is 6.43. The Kier molecular flexibility index (Phi) is 1.61. The molecule has 0 fully saturated rings. The first-order valence-corrected chi connectivity index (χ1v) is 6.54. The summed E-state index contributed by atoms with van der Waals surface area (Å²) in [5.74, 6) is 0. The molecule has 0 N–H and O–H groups in total. The summed E-state index contributed by atoms with van der Waals surface area (Å²) in [4.78, 5) is 9.13. The third kappa shape index (κ3) is 1.16. The second-order valence-electron chi connectivity index (χ2n) is 2.82. The zero-order valence-electron chi connectivity index (χ0n) is 6.77. The van der Waals surface area contributed by atoms with Crippen molar-refractivity contribution in [1.29, 1.82) is 0 Å². The number of hydrogen-bond acceptors (Lipinski definition) is 2. The van der Waals surface area contributed by atoms with Crippen LogP contribution in [0.3, 0.4) is 0 Å². The molecule has 2 aromatic heterocycles. The van der Waals surface area contributed by atoms with E-state index < -0.39 is 0 Å². The molecule has 0 saturated heterocycles. The van der Waals surface area contributed by atoms with Gasteiger partial charge in [-0.25, -0.2) is 0 Å². The van der Waals surface area contributed by atoms with Crippen LogP contribution in [0, 0.1) is 0 Å². The van der Waals surface area contributed by atoms with E-state index in [9.17, 15) is 0 Å². The van der Waals surface area contributed by atoms with Crippen LogP contribution in [0.5, 0.6) is 0 Å². The molecule has 0 amide bonds. The average Bonchev–Trinajstić information content (AvgIpc) is 2.61. The third-order valence-electron chi connectivity index (χ3n) is 1.97. The van der Waals surface area contributed by atoms with Gasteiger partial charge in [-0.3, -0.25) is 0 Å². The molecule has 0 bridgehead atoms. The number of benzene rings is 1. The van der Waals surface area contributed by atoms with E-state index in [2.05, 4.69) is 20.1 Å². The summed E-state index contributed by atoms with van der Waals surface area (Å²) in [5.41, 5.74) is 3.11. The van der Waals surface area contributed by atoms with Crippen LogP contribution in [0.1, 0.15) is 0 Å². The van der Waals surface area contributed by atoms with Crippen LogP contribution < -0.4 is 0 Å². The van der Waals surface area contributed by atoms with Gasteiger partial charge in [-0.2, -0.15) is 0 Å². The van der Waals surface area contributed by atoms with Crippen molar-refractivity contribution in [3.63, 3.8) is 0 Å². The van der Waals surface area contributed by atoms with Crippen molar-refractivity contribution in [1.82, 2.24) is 9.97 Å². The Bertz CT molecular complexity index is 521. The Labute approximate surface area is 84.9 Å². The van der Waals surface area contributed by atoms with Crippen molar-refractivity contribution >= 4 is 40.5 Å². The number of aromatic nitrogens is 2. The van der Waals surface area contributed by atoms with Gasteiger partial charge >= 0.3 is 84.9 Å². The maximum atomic E-state index is 4.59. The van der Waals surface area contributed by atoms with Gasteiger partial charge in [0.25, 0.3) is 0 Å². The standard InChI is InChI=1S/C10H6N2Te/c1-2-4-8-7(3-1)11-9-5-6-13-10(9)12-8/h1-6H. The molecule has 0 aliphatic rings. The van der Waals surface area contributed by atoms with Crippen LogP contribution >= 0.6 is 0 Å². The van der Waals surface area contributed by atoms with Gasteiger partial charge in [0.15, 0.2) is 0 Å².